The van der Waals surface area contributed by atoms with Crippen LogP contribution in [0.5, 0.6) is 11.5 Å². The second-order valence-electron chi connectivity index (χ2n) is 8.95. The molecule has 3 aromatic heterocycles. The number of methoxy groups -OCH3 is 2. The molecule has 3 heterocycles. The average Bonchev–Trinajstić information content (AvgIpc) is 2.99. The lowest BCUT2D eigenvalue weighted by atomic mass is 10.0. The minimum absolute atomic E-state index is 0.196. The van der Waals surface area contributed by atoms with E-state index in [0.29, 0.717) is 29.4 Å². The van der Waals surface area contributed by atoms with E-state index in [1.54, 1.807) is 44.9 Å². The summed E-state index contributed by atoms with van der Waals surface area (Å²) in [6.07, 6.45) is 8.61. The Morgan fingerprint density at radius 2 is 1.56 bits per heavy atom. The van der Waals surface area contributed by atoms with Gasteiger partial charge in [-0.15, -0.1) is 0 Å². The molecule has 2 N–H and O–H groups in total. The molecule has 0 aliphatic rings. The lowest BCUT2D eigenvalue weighted by molar-refractivity contribution is 0.0951. The van der Waals surface area contributed by atoms with E-state index < -0.39 is 0 Å². The molecule has 0 fully saturated rings. The predicted octanol–water partition coefficient (Wildman–Crippen LogP) is 5.50. The van der Waals surface area contributed by atoms with Gasteiger partial charge in [0.15, 0.2) is 11.5 Å². The van der Waals surface area contributed by atoms with Crippen LogP contribution in [-0.2, 0) is 19.4 Å². The second kappa shape index (κ2) is 12.0. The van der Waals surface area contributed by atoms with E-state index in [0.717, 1.165) is 35.0 Å². The average molecular weight is 520 g/mol. The van der Waals surface area contributed by atoms with Crippen LogP contribution in [0.25, 0.3) is 10.9 Å². The van der Waals surface area contributed by atoms with Gasteiger partial charge >= 0.3 is 0 Å². The van der Waals surface area contributed by atoms with Crippen LogP contribution in [0.15, 0.2) is 91.5 Å². The van der Waals surface area contributed by atoms with Gasteiger partial charge in [-0.05, 0) is 78.1 Å². The van der Waals surface area contributed by atoms with E-state index in [1.165, 1.54) is 11.1 Å². The standard InChI is InChI=1S/C31H29N5O3/c1-38-28-18-26-23(13-17-33-27(26)19-29(28)39-2)8-5-21-6-9-24(10-7-21)36-30-25(4-3-14-34-30)31(37)35-20-22-11-15-32-16-12-22/h3-4,6-7,9-19H,5,8,20H2,1-2H3,(H,34,36)(H,35,37). The largest absolute Gasteiger partial charge is 0.493 e. The summed E-state index contributed by atoms with van der Waals surface area (Å²) in [6.45, 7) is 0.414. The molecule has 0 saturated carbocycles. The van der Waals surface area contributed by atoms with Gasteiger partial charge in [0.05, 0.1) is 25.3 Å². The molecule has 0 aliphatic heterocycles. The van der Waals surface area contributed by atoms with Crippen LogP contribution < -0.4 is 20.1 Å². The highest BCUT2D eigenvalue weighted by Crippen LogP contribution is 2.33. The first-order chi connectivity index (χ1) is 19.1. The smallest absolute Gasteiger partial charge is 0.255 e. The van der Waals surface area contributed by atoms with Crippen molar-refractivity contribution in [3.05, 3.63) is 114 Å². The van der Waals surface area contributed by atoms with Crippen LogP contribution in [0.4, 0.5) is 11.5 Å². The molecular formula is C31H29N5O3. The number of pyridine rings is 3. The number of aromatic nitrogens is 3. The Labute approximate surface area is 227 Å². The first-order valence-electron chi connectivity index (χ1n) is 12.6. The SMILES string of the molecule is COc1cc2nccc(CCc3ccc(Nc4ncccc4C(=O)NCc4ccncc4)cc3)c2cc1OC. The molecule has 0 atom stereocenters. The van der Waals surface area contributed by atoms with Gasteiger partial charge in [0.2, 0.25) is 0 Å². The summed E-state index contributed by atoms with van der Waals surface area (Å²) in [4.78, 5) is 25.7. The first kappa shape index (κ1) is 25.7. The molecule has 196 valence electrons. The van der Waals surface area contributed by atoms with Crippen molar-refractivity contribution >= 4 is 28.3 Å². The maximum atomic E-state index is 12.8. The fraction of sp³-hybridized carbons (Fsp3) is 0.161. The number of rotatable bonds is 10. The highest BCUT2D eigenvalue weighted by molar-refractivity contribution is 5.99. The summed E-state index contributed by atoms with van der Waals surface area (Å²) in [5.74, 6) is 1.66. The minimum Gasteiger partial charge on any atom is -0.493 e. The second-order valence-corrected chi connectivity index (χ2v) is 8.95. The van der Waals surface area contributed by atoms with Crippen molar-refractivity contribution in [3.8, 4) is 11.5 Å². The number of carbonyl (C=O) groups excluding carboxylic acids is 1. The van der Waals surface area contributed by atoms with Crippen molar-refractivity contribution in [1.82, 2.24) is 20.3 Å². The molecule has 2 aromatic carbocycles. The van der Waals surface area contributed by atoms with Gasteiger partial charge < -0.3 is 20.1 Å². The number of hydrogen-bond acceptors (Lipinski definition) is 7. The molecule has 0 unspecified atom stereocenters. The Hall–Kier alpha value is -4.98. The summed E-state index contributed by atoms with van der Waals surface area (Å²) < 4.78 is 10.9. The fourth-order valence-corrected chi connectivity index (χ4v) is 4.38. The number of aryl methyl sites for hydroxylation is 2. The molecule has 8 nitrogen and oxygen atoms in total. The Balaban J connectivity index is 1.25. The van der Waals surface area contributed by atoms with Crippen molar-refractivity contribution in [2.24, 2.45) is 0 Å². The number of carbonyl (C=O) groups is 1. The molecule has 0 aliphatic carbocycles. The Morgan fingerprint density at radius 1 is 0.795 bits per heavy atom. The number of fused-ring (bicyclic) bond motifs is 1. The molecule has 1 amide bonds. The zero-order valence-corrected chi connectivity index (χ0v) is 21.8. The summed E-state index contributed by atoms with van der Waals surface area (Å²) in [6, 6.07) is 21.4. The number of amides is 1. The van der Waals surface area contributed by atoms with Gasteiger partial charge in [-0.1, -0.05) is 12.1 Å². The van der Waals surface area contributed by atoms with Crippen LogP contribution in [0, 0.1) is 0 Å². The van der Waals surface area contributed by atoms with E-state index >= 15 is 0 Å². The van der Waals surface area contributed by atoms with Crippen molar-refractivity contribution in [2.75, 3.05) is 19.5 Å². The van der Waals surface area contributed by atoms with E-state index in [2.05, 4.69) is 37.7 Å². The maximum Gasteiger partial charge on any atom is 0.255 e. The maximum absolute atomic E-state index is 12.8. The quantitative estimate of drug-likeness (QED) is 0.251. The molecule has 5 rings (SSSR count). The van der Waals surface area contributed by atoms with Crippen LogP contribution in [0.2, 0.25) is 0 Å². The summed E-state index contributed by atoms with van der Waals surface area (Å²) in [5, 5.41) is 7.28. The molecular weight excluding hydrogens is 490 g/mol. The van der Waals surface area contributed by atoms with E-state index in [-0.39, 0.29) is 5.91 Å². The number of nitrogens with zero attached hydrogens (tertiary/aromatic N) is 3. The zero-order chi connectivity index (χ0) is 27.0. The molecule has 0 spiro atoms. The molecule has 0 radical (unpaired) electrons. The van der Waals surface area contributed by atoms with E-state index in [9.17, 15) is 4.79 Å². The Bertz CT molecular complexity index is 1570. The Kier molecular flexibility index (Phi) is 7.92. The normalized spacial score (nSPS) is 10.7. The molecule has 0 bridgehead atoms. The van der Waals surface area contributed by atoms with Crippen molar-refractivity contribution in [2.45, 2.75) is 19.4 Å². The third-order valence-electron chi connectivity index (χ3n) is 6.49. The van der Waals surface area contributed by atoms with Gasteiger partial charge in [0.1, 0.15) is 5.82 Å². The number of nitrogens with one attached hydrogen (secondary N) is 2. The molecule has 8 heteroatoms. The van der Waals surface area contributed by atoms with Gasteiger partial charge in [-0.2, -0.15) is 0 Å². The van der Waals surface area contributed by atoms with Crippen molar-refractivity contribution < 1.29 is 14.3 Å². The van der Waals surface area contributed by atoms with Gasteiger partial charge in [-0.3, -0.25) is 14.8 Å². The highest BCUT2D eigenvalue weighted by atomic mass is 16.5. The summed E-state index contributed by atoms with van der Waals surface area (Å²) in [7, 11) is 3.26. The van der Waals surface area contributed by atoms with Gasteiger partial charge in [-0.25, -0.2) is 4.98 Å². The number of hydrogen-bond donors (Lipinski definition) is 2. The monoisotopic (exact) mass is 519 g/mol. The molecule has 5 aromatic rings. The number of ether oxygens (including phenoxy) is 2. The number of anilines is 2. The third-order valence-corrected chi connectivity index (χ3v) is 6.49. The Morgan fingerprint density at radius 3 is 2.33 bits per heavy atom. The molecule has 39 heavy (non-hydrogen) atoms. The summed E-state index contributed by atoms with van der Waals surface area (Å²) >= 11 is 0. The zero-order valence-electron chi connectivity index (χ0n) is 21.8. The predicted molar refractivity (Wildman–Crippen MR) is 152 cm³/mol. The van der Waals surface area contributed by atoms with E-state index in [4.69, 9.17) is 9.47 Å². The lowest BCUT2D eigenvalue weighted by Crippen LogP contribution is -2.24. The van der Waals surface area contributed by atoms with Crippen molar-refractivity contribution in [1.29, 1.82) is 0 Å². The van der Waals surface area contributed by atoms with Crippen LogP contribution in [0.3, 0.4) is 0 Å². The van der Waals surface area contributed by atoms with Gasteiger partial charge in [0, 0.05) is 48.5 Å². The molecule has 0 saturated heterocycles. The van der Waals surface area contributed by atoms with Crippen molar-refractivity contribution in [3.63, 3.8) is 0 Å². The highest BCUT2D eigenvalue weighted by Gasteiger charge is 2.13. The first-order valence-corrected chi connectivity index (χ1v) is 12.6. The third kappa shape index (κ3) is 6.13. The minimum atomic E-state index is -0.196. The van der Waals surface area contributed by atoms with E-state index in [1.807, 2.05) is 48.7 Å². The summed E-state index contributed by atoms with van der Waals surface area (Å²) in [5.41, 5.74) is 5.58. The van der Waals surface area contributed by atoms with Crippen LogP contribution in [0.1, 0.15) is 27.0 Å². The van der Waals surface area contributed by atoms with Crippen LogP contribution >= 0.6 is 0 Å². The number of benzene rings is 2. The van der Waals surface area contributed by atoms with Gasteiger partial charge in [0.25, 0.3) is 5.91 Å². The topological polar surface area (TPSA) is 98.3 Å². The lowest BCUT2D eigenvalue weighted by Gasteiger charge is -2.13. The van der Waals surface area contributed by atoms with Crippen LogP contribution in [-0.4, -0.2) is 35.1 Å². The fourth-order valence-electron chi connectivity index (χ4n) is 4.38.